The van der Waals surface area contributed by atoms with Crippen LogP contribution < -0.4 is 0 Å². The molecule has 0 nitrogen and oxygen atoms in total. The van der Waals surface area contributed by atoms with Crippen LogP contribution in [0.25, 0.3) is 0 Å². The summed E-state index contributed by atoms with van der Waals surface area (Å²) in [6.45, 7) is 10.0. The van der Waals surface area contributed by atoms with E-state index < -0.39 is 0 Å². The van der Waals surface area contributed by atoms with Gasteiger partial charge >= 0.3 is 0 Å². The fraction of sp³-hybridized carbons (Fsp3) is 0.455. The van der Waals surface area contributed by atoms with E-state index in [1.165, 1.54) is 11.1 Å². The number of allylic oxidation sites excluding steroid dienone is 5. The summed E-state index contributed by atoms with van der Waals surface area (Å²) in [7, 11) is 0. The topological polar surface area (TPSA) is 0 Å². The highest BCUT2D eigenvalue weighted by Crippen LogP contribution is 2.03. The zero-order chi connectivity index (χ0) is 8.69. The Balaban J connectivity index is 3.81. The molecule has 0 N–H and O–H groups in total. The van der Waals surface area contributed by atoms with Crippen LogP contribution in [0.4, 0.5) is 0 Å². The standard InChI is InChI=1S/C11H18/c1-5-6-7-8-11(4)9-10(2)3/h5,8-9H,1,6-7H2,2-4H3. The number of unbranched alkanes of at least 4 members (excludes halogenated alkanes) is 1. The largest absolute Gasteiger partial charge is 0.103 e. The van der Waals surface area contributed by atoms with Crippen LogP contribution in [0.1, 0.15) is 33.6 Å². The highest BCUT2D eigenvalue weighted by molar-refractivity contribution is 5.19. The maximum absolute atomic E-state index is 3.67. The molecule has 0 amide bonds. The van der Waals surface area contributed by atoms with Gasteiger partial charge in [-0.25, -0.2) is 0 Å². The van der Waals surface area contributed by atoms with Crippen molar-refractivity contribution in [2.45, 2.75) is 33.6 Å². The zero-order valence-corrected chi connectivity index (χ0v) is 7.85. The summed E-state index contributed by atoms with van der Waals surface area (Å²) in [6, 6.07) is 0. The molecule has 0 rings (SSSR count). The van der Waals surface area contributed by atoms with Gasteiger partial charge in [0.1, 0.15) is 0 Å². The van der Waals surface area contributed by atoms with Crippen molar-refractivity contribution in [3.63, 3.8) is 0 Å². The molecule has 0 aromatic rings. The van der Waals surface area contributed by atoms with Crippen LogP contribution in [0, 0.1) is 0 Å². The molecule has 0 bridgehead atoms. The molecule has 0 atom stereocenters. The summed E-state index contributed by atoms with van der Waals surface area (Å²) in [5.74, 6) is 0. The van der Waals surface area contributed by atoms with Crippen LogP contribution in [0.15, 0.2) is 36.0 Å². The van der Waals surface area contributed by atoms with E-state index >= 15 is 0 Å². The maximum atomic E-state index is 3.67. The Morgan fingerprint density at radius 2 is 1.82 bits per heavy atom. The Morgan fingerprint density at radius 1 is 1.18 bits per heavy atom. The maximum Gasteiger partial charge on any atom is -0.0310 e. The van der Waals surface area contributed by atoms with Crippen molar-refractivity contribution in [3.8, 4) is 0 Å². The molecule has 11 heavy (non-hydrogen) atoms. The van der Waals surface area contributed by atoms with Gasteiger partial charge in [-0.1, -0.05) is 29.4 Å². The van der Waals surface area contributed by atoms with Crippen LogP contribution in [0.2, 0.25) is 0 Å². The van der Waals surface area contributed by atoms with E-state index in [2.05, 4.69) is 39.5 Å². The second kappa shape index (κ2) is 5.96. The van der Waals surface area contributed by atoms with Crippen molar-refractivity contribution < 1.29 is 0 Å². The highest BCUT2D eigenvalue weighted by atomic mass is 13.9. The van der Waals surface area contributed by atoms with Gasteiger partial charge in [0.15, 0.2) is 0 Å². The Kier molecular flexibility index (Phi) is 5.54. The smallest absolute Gasteiger partial charge is 0.0310 e. The molecule has 0 saturated heterocycles. The molecule has 0 fully saturated rings. The molecule has 0 saturated carbocycles. The zero-order valence-electron chi connectivity index (χ0n) is 7.85. The summed E-state index contributed by atoms with van der Waals surface area (Å²) in [5, 5.41) is 0. The van der Waals surface area contributed by atoms with E-state index in [1.54, 1.807) is 0 Å². The van der Waals surface area contributed by atoms with Gasteiger partial charge in [-0.2, -0.15) is 0 Å². The summed E-state index contributed by atoms with van der Waals surface area (Å²) in [6.07, 6.45) is 8.58. The Labute approximate surface area is 70.3 Å². The van der Waals surface area contributed by atoms with E-state index in [4.69, 9.17) is 0 Å². The first-order chi connectivity index (χ1) is 5.16. The third kappa shape index (κ3) is 7.11. The lowest BCUT2D eigenvalue weighted by Crippen LogP contribution is -1.72. The van der Waals surface area contributed by atoms with Crippen LogP contribution in [-0.4, -0.2) is 0 Å². The minimum Gasteiger partial charge on any atom is -0.103 e. The first kappa shape index (κ1) is 10.2. The quantitative estimate of drug-likeness (QED) is 0.324. The van der Waals surface area contributed by atoms with E-state index in [0.717, 1.165) is 12.8 Å². The van der Waals surface area contributed by atoms with Crippen molar-refractivity contribution >= 4 is 0 Å². The summed E-state index contributed by atoms with van der Waals surface area (Å²) in [5.41, 5.74) is 2.71. The van der Waals surface area contributed by atoms with E-state index in [0.29, 0.717) is 0 Å². The third-order valence-electron chi connectivity index (χ3n) is 1.35. The molecule has 0 spiro atoms. The predicted octanol–water partition coefficient (Wildman–Crippen LogP) is 3.87. The predicted molar refractivity (Wildman–Crippen MR) is 52.6 cm³/mol. The van der Waals surface area contributed by atoms with Crippen LogP contribution in [0.5, 0.6) is 0 Å². The molecule has 0 aromatic carbocycles. The molecule has 0 heteroatoms. The molecule has 0 aliphatic heterocycles. The minimum absolute atomic E-state index is 1.08. The summed E-state index contributed by atoms with van der Waals surface area (Å²) < 4.78 is 0. The van der Waals surface area contributed by atoms with Crippen LogP contribution in [0.3, 0.4) is 0 Å². The van der Waals surface area contributed by atoms with Crippen molar-refractivity contribution in [2.75, 3.05) is 0 Å². The molecule has 0 unspecified atom stereocenters. The monoisotopic (exact) mass is 150 g/mol. The first-order valence-corrected chi connectivity index (χ1v) is 4.09. The fourth-order valence-corrected chi connectivity index (χ4v) is 0.943. The SMILES string of the molecule is C=CCCC=C(C)C=C(C)C. The summed E-state index contributed by atoms with van der Waals surface area (Å²) >= 11 is 0. The number of hydrogen-bond donors (Lipinski definition) is 0. The highest BCUT2D eigenvalue weighted by Gasteiger charge is 1.82. The van der Waals surface area contributed by atoms with Gasteiger partial charge in [0.05, 0.1) is 0 Å². The lowest BCUT2D eigenvalue weighted by Gasteiger charge is -1.93. The normalized spacial score (nSPS) is 11.0. The van der Waals surface area contributed by atoms with E-state index in [9.17, 15) is 0 Å². The second-order valence-electron chi connectivity index (χ2n) is 3.04. The van der Waals surface area contributed by atoms with Gasteiger partial charge in [0.25, 0.3) is 0 Å². The van der Waals surface area contributed by atoms with Gasteiger partial charge in [0.2, 0.25) is 0 Å². The van der Waals surface area contributed by atoms with Gasteiger partial charge in [-0.15, -0.1) is 6.58 Å². The van der Waals surface area contributed by atoms with Gasteiger partial charge in [-0.05, 0) is 33.6 Å². The molecule has 0 aliphatic rings. The van der Waals surface area contributed by atoms with Crippen molar-refractivity contribution in [1.82, 2.24) is 0 Å². The molecular weight excluding hydrogens is 132 g/mol. The molecule has 0 aliphatic carbocycles. The number of rotatable bonds is 4. The Hall–Kier alpha value is -0.780. The van der Waals surface area contributed by atoms with Gasteiger partial charge < -0.3 is 0 Å². The average molecular weight is 150 g/mol. The second-order valence-corrected chi connectivity index (χ2v) is 3.04. The van der Waals surface area contributed by atoms with Crippen molar-refractivity contribution in [3.05, 3.63) is 36.0 Å². The Morgan fingerprint density at radius 3 is 2.27 bits per heavy atom. The lowest BCUT2D eigenvalue weighted by molar-refractivity contribution is 1.04. The molecule has 0 heterocycles. The van der Waals surface area contributed by atoms with E-state index in [1.807, 2.05) is 6.08 Å². The Bertz CT molecular complexity index is 166. The summed E-state index contributed by atoms with van der Waals surface area (Å²) in [4.78, 5) is 0. The molecular formula is C11H18. The van der Waals surface area contributed by atoms with Crippen LogP contribution in [-0.2, 0) is 0 Å². The first-order valence-electron chi connectivity index (χ1n) is 4.09. The average Bonchev–Trinajstić information content (AvgIpc) is 1.86. The lowest BCUT2D eigenvalue weighted by atomic mass is 10.1. The third-order valence-corrected chi connectivity index (χ3v) is 1.35. The fourth-order valence-electron chi connectivity index (χ4n) is 0.943. The molecule has 0 aromatic heterocycles. The van der Waals surface area contributed by atoms with E-state index in [-0.39, 0.29) is 0 Å². The van der Waals surface area contributed by atoms with Gasteiger partial charge in [-0.3, -0.25) is 0 Å². The minimum atomic E-state index is 1.08. The van der Waals surface area contributed by atoms with Gasteiger partial charge in [0, 0.05) is 0 Å². The van der Waals surface area contributed by atoms with Crippen molar-refractivity contribution in [2.24, 2.45) is 0 Å². The molecule has 0 radical (unpaired) electrons. The molecule has 62 valence electrons. The number of hydrogen-bond acceptors (Lipinski definition) is 0. The van der Waals surface area contributed by atoms with Crippen molar-refractivity contribution in [1.29, 1.82) is 0 Å². The van der Waals surface area contributed by atoms with Crippen LogP contribution >= 0.6 is 0 Å².